The van der Waals surface area contributed by atoms with Crippen molar-refractivity contribution in [3.63, 3.8) is 0 Å². The Morgan fingerprint density at radius 3 is 2.75 bits per heavy atom. The highest BCUT2D eigenvalue weighted by Gasteiger charge is 2.23. The second-order valence-corrected chi connectivity index (χ2v) is 6.43. The fourth-order valence-corrected chi connectivity index (χ4v) is 3.55. The minimum Gasteiger partial charge on any atom is -0.465 e. The van der Waals surface area contributed by atoms with Crippen LogP contribution in [0.4, 0.5) is 0 Å². The molecule has 1 unspecified atom stereocenters. The van der Waals surface area contributed by atoms with Crippen LogP contribution in [0, 0.1) is 0 Å². The molecule has 2 aromatic rings. The first kappa shape index (κ1) is 16.7. The summed E-state index contributed by atoms with van der Waals surface area (Å²) in [7, 11) is 1.41. The van der Waals surface area contributed by atoms with Gasteiger partial charge in [0.05, 0.1) is 24.1 Å². The molecule has 1 heterocycles. The van der Waals surface area contributed by atoms with Crippen molar-refractivity contribution in [2.45, 2.75) is 57.9 Å². The summed E-state index contributed by atoms with van der Waals surface area (Å²) >= 11 is 0. The van der Waals surface area contributed by atoms with Gasteiger partial charge in [-0.3, -0.25) is 0 Å². The van der Waals surface area contributed by atoms with Gasteiger partial charge < -0.3 is 4.74 Å². The number of aromatic nitrogens is 3. The number of methoxy groups -OCH3 is 1. The molecular weight excluding hydrogens is 302 g/mol. The van der Waals surface area contributed by atoms with Gasteiger partial charge in [-0.05, 0) is 50.3 Å². The molecule has 1 atom stereocenters. The van der Waals surface area contributed by atoms with Crippen LogP contribution >= 0.6 is 0 Å². The topological polar surface area (TPSA) is 57.0 Å². The molecule has 0 saturated heterocycles. The lowest BCUT2D eigenvalue weighted by Crippen LogP contribution is -2.12. The normalized spacial score (nSPS) is 17.7. The van der Waals surface area contributed by atoms with Crippen LogP contribution in [0.15, 0.2) is 24.3 Å². The molecule has 24 heavy (non-hydrogen) atoms. The van der Waals surface area contributed by atoms with Crippen LogP contribution in [-0.4, -0.2) is 28.1 Å². The van der Waals surface area contributed by atoms with E-state index >= 15 is 0 Å². The number of carbonyl (C=O) groups excluding carboxylic acids is 1. The van der Waals surface area contributed by atoms with E-state index in [1.54, 1.807) is 0 Å². The first-order valence-electron chi connectivity index (χ1n) is 8.82. The number of fused-ring (bicyclic) bond motifs is 1. The summed E-state index contributed by atoms with van der Waals surface area (Å²) in [6.07, 6.45) is 6.90. The average molecular weight is 327 g/mol. The predicted molar refractivity (Wildman–Crippen MR) is 92.1 cm³/mol. The Kier molecular flexibility index (Phi) is 5.28. The summed E-state index contributed by atoms with van der Waals surface area (Å²) in [6, 6.07) is 7.73. The van der Waals surface area contributed by atoms with E-state index in [-0.39, 0.29) is 5.97 Å². The fourth-order valence-electron chi connectivity index (χ4n) is 3.55. The van der Waals surface area contributed by atoms with Crippen molar-refractivity contribution < 1.29 is 9.53 Å². The smallest absolute Gasteiger partial charge is 0.337 e. The van der Waals surface area contributed by atoms with Crippen LogP contribution in [0.2, 0.25) is 0 Å². The van der Waals surface area contributed by atoms with Crippen LogP contribution in [0.25, 0.3) is 0 Å². The average Bonchev–Trinajstić information content (AvgIpc) is 3.00. The van der Waals surface area contributed by atoms with Crippen LogP contribution in [0.5, 0.6) is 0 Å². The molecular formula is C19H25N3O2. The maximum absolute atomic E-state index is 11.6. The molecule has 0 bridgehead atoms. The summed E-state index contributed by atoms with van der Waals surface area (Å²) in [5.74, 6) is 0.116. The van der Waals surface area contributed by atoms with Gasteiger partial charge in [-0.15, -0.1) is 5.10 Å². The highest BCUT2D eigenvalue weighted by Crippen LogP contribution is 2.31. The molecule has 0 fully saturated rings. The second-order valence-electron chi connectivity index (χ2n) is 6.43. The number of ether oxygens (including phenoxy) is 1. The van der Waals surface area contributed by atoms with Crippen molar-refractivity contribution in [2.75, 3.05) is 7.11 Å². The molecule has 0 radical (unpaired) electrons. The third-order valence-electron chi connectivity index (χ3n) is 4.88. The third-order valence-corrected chi connectivity index (χ3v) is 4.88. The maximum atomic E-state index is 11.6. The summed E-state index contributed by atoms with van der Waals surface area (Å²) < 4.78 is 6.81. The van der Waals surface area contributed by atoms with Crippen LogP contribution in [-0.2, 0) is 24.1 Å². The summed E-state index contributed by atoms with van der Waals surface area (Å²) in [5, 5.41) is 8.85. The Morgan fingerprint density at radius 2 is 2.04 bits per heavy atom. The van der Waals surface area contributed by atoms with Gasteiger partial charge in [-0.1, -0.05) is 30.2 Å². The van der Waals surface area contributed by atoms with Crippen molar-refractivity contribution in [1.29, 1.82) is 0 Å². The standard InChI is InChI=1S/C19H25N3O2/c1-3-22-17-8-6-4-5-7-16(18(17)20-21-22)13-14-9-11-15(12-10-14)19(23)24-2/h9-12,16H,3-8,13H2,1-2H3. The van der Waals surface area contributed by atoms with E-state index in [1.807, 2.05) is 28.9 Å². The lowest BCUT2D eigenvalue weighted by atomic mass is 9.86. The Morgan fingerprint density at radius 1 is 1.25 bits per heavy atom. The van der Waals surface area contributed by atoms with Gasteiger partial charge in [0.25, 0.3) is 0 Å². The lowest BCUT2D eigenvalue weighted by molar-refractivity contribution is 0.0600. The Balaban J connectivity index is 1.81. The van der Waals surface area contributed by atoms with Gasteiger partial charge in [0.2, 0.25) is 0 Å². The molecule has 128 valence electrons. The summed E-state index contributed by atoms with van der Waals surface area (Å²) in [6.45, 7) is 3.00. The lowest BCUT2D eigenvalue weighted by Gasteiger charge is -2.19. The van der Waals surface area contributed by atoms with Gasteiger partial charge in [0.15, 0.2) is 0 Å². The molecule has 1 aromatic carbocycles. The van der Waals surface area contributed by atoms with E-state index in [0.717, 1.165) is 25.8 Å². The fraction of sp³-hybridized carbons (Fsp3) is 0.526. The predicted octanol–water partition coefficient (Wildman–Crippen LogP) is 3.53. The number of carbonyl (C=O) groups is 1. The molecule has 0 amide bonds. The molecule has 5 nitrogen and oxygen atoms in total. The van der Waals surface area contributed by atoms with Crippen LogP contribution in [0.3, 0.4) is 0 Å². The SMILES string of the molecule is CCn1nnc2c1CCCCCC2Cc1ccc(C(=O)OC)cc1. The van der Waals surface area contributed by atoms with Crippen molar-refractivity contribution >= 4 is 5.97 Å². The maximum Gasteiger partial charge on any atom is 0.337 e. The van der Waals surface area contributed by atoms with E-state index in [1.165, 1.54) is 43.3 Å². The number of rotatable bonds is 4. The molecule has 3 rings (SSSR count). The third kappa shape index (κ3) is 3.50. The van der Waals surface area contributed by atoms with Gasteiger partial charge in [-0.2, -0.15) is 0 Å². The monoisotopic (exact) mass is 327 g/mol. The quantitative estimate of drug-likeness (QED) is 0.806. The van der Waals surface area contributed by atoms with Gasteiger partial charge in [0, 0.05) is 12.5 Å². The van der Waals surface area contributed by atoms with Crippen molar-refractivity contribution in [2.24, 2.45) is 0 Å². The number of benzene rings is 1. The molecule has 0 N–H and O–H groups in total. The molecule has 0 saturated carbocycles. The number of aryl methyl sites for hydroxylation is 1. The van der Waals surface area contributed by atoms with E-state index in [2.05, 4.69) is 17.2 Å². The van der Waals surface area contributed by atoms with Gasteiger partial charge in [-0.25, -0.2) is 9.48 Å². The van der Waals surface area contributed by atoms with Crippen LogP contribution < -0.4 is 0 Å². The molecule has 5 heteroatoms. The van der Waals surface area contributed by atoms with Crippen molar-refractivity contribution in [3.8, 4) is 0 Å². The zero-order valence-electron chi connectivity index (χ0n) is 14.5. The zero-order valence-corrected chi connectivity index (χ0v) is 14.5. The number of nitrogens with zero attached hydrogens (tertiary/aromatic N) is 3. The minimum absolute atomic E-state index is 0.291. The summed E-state index contributed by atoms with van der Waals surface area (Å²) in [4.78, 5) is 11.6. The minimum atomic E-state index is -0.291. The first-order chi connectivity index (χ1) is 11.7. The molecule has 1 aliphatic rings. The van der Waals surface area contributed by atoms with E-state index in [0.29, 0.717) is 11.5 Å². The van der Waals surface area contributed by atoms with E-state index in [9.17, 15) is 4.79 Å². The molecule has 1 aromatic heterocycles. The first-order valence-corrected chi connectivity index (χ1v) is 8.82. The number of esters is 1. The highest BCUT2D eigenvalue weighted by atomic mass is 16.5. The molecule has 0 aliphatic heterocycles. The second kappa shape index (κ2) is 7.60. The Hall–Kier alpha value is -2.17. The van der Waals surface area contributed by atoms with E-state index < -0.39 is 0 Å². The van der Waals surface area contributed by atoms with Gasteiger partial charge in [0.1, 0.15) is 0 Å². The molecule has 1 aliphatic carbocycles. The van der Waals surface area contributed by atoms with Gasteiger partial charge >= 0.3 is 5.97 Å². The number of hydrogen-bond acceptors (Lipinski definition) is 4. The Bertz CT molecular complexity index is 691. The summed E-state index contributed by atoms with van der Waals surface area (Å²) in [5.41, 5.74) is 4.31. The van der Waals surface area contributed by atoms with Crippen molar-refractivity contribution in [3.05, 3.63) is 46.8 Å². The molecule has 0 spiro atoms. The Labute approximate surface area is 143 Å². The van der Waals surface area contributed by atoms with Crippen molar-refractivity contribution in [1.82, 2.24) is 15.0 Å². The largest absolute Gasteiger partial charge is 0.465 e. The van der Waals surface area contributed by atoms with E-state index in [4.69, 9.17) is 4.74 Å². The zero-order chi connectivity index (χ0) is 16.9. The highest BCUT2D eigenvalue weighted by molar-refractivity contribution is 5.89. The van der Waals surface area contributed by atoms with Crippen LogP contribution in [0.1, 0.15) is 65.8 Å². The number of hydrogen-bond donors (Lipinski definition) is 0.